The molecule has 0 spiro atoms. The molecule has 2 rings (SSSR count). The van der Waals surface area contributed by atoms with Gasteiger partial charge in [-0.3, -0.25) is 0 Å². The summed E-state index contributed by atoms with van der Waals surface area (Å²) in [4.78, 5) is 0.198. The zero-order chi connectivity index (χ0) is 16.2. The molecule has 0 saturated carbocycles. The average molecular weight is 340 g/mol. The van der Waals surface area contributed by atoms with Gasteiger partial charge in [-0.2, -0.15) is 0 Å². The van der Waals surface area contributed by atoms with Crippen molar-refractivity contribution in [3.05, 3.63) is 59.1 Å². The van der Waals surface area contributed by atoms with Crippen molar-refractivity contribution in [1.29, 1.82) is 0 Å². The van der Waals surface area contributed by atoms with Crippen LogP contribution in [0.2, 0.25) is 5.02 Å². The molecule has 0 heterocycles. The predicted octanol–water partition coefficient (Wildman–Crippen LogP) is 3.78. The summed E-state index contributed by atoms with van der Waals surface area (Å²) in [7, 11) is -2.00. The Bertz CT molecular complexity index is 712. The van der Waals surface area contributed by atoms with Crippen molar-refractivity contribution in [2.24, 2.45) is 0 Å². The van der Waals surface area contributed by atoms with Crippen LogP contribution in [-0.2, 0) is 10.0 Å². The molecule has 2 aromatic rings. The molecule has 0 unspecified atom stereocenters. The monoisotopic (exact) mass is 339 g/mol. The first-order chi connectivity index (χ1) is 10.5. The fourth-order valence-electron chi connectivity index (χ4n) is 2.09. The maximum Gasteiger partial charge on any atom is 0.241 e. The second kappa shape index (κ2) is 7.13. The highest BCUT2D eigenvalue weighted by atomic mass is 35.5. The minimum absolute atomic E-state index is 0.198. The second-order valence-corrected chi connectivity index (χ2v) is 6.96. The molecule has 0 aliphatic heterocycles. The zero-order valence-electron chi connectivity index (χ0n) is 12.4. The molecule has 0 radical (unpaired) electrons. The molecule has 0 amide bonds. The van der Waals surface area contributed by atoms with E-state index < -0.39 is 10.0 Å². The maximum atomic E-state index is 12.4. The van der Waals surface area contributed by atoms with Crippen molar-refractivity contribution in [2.45, 2.75) is 24.3 Å². The normalized spacial score (nSPS) is 12.9. The number of methoxy groups -OCH3 is 1. The van der Waals surface area contributed by atoms with Crippen LogP contribution in [-0.4, -0.2) is 15.5 Å². The third-order valence-corrected chi connectivity index (χ3v) is 5.09. The summed E-state index contributed by atoms with van der Waals surface area (Å²) in [6, 6.07) is 13.1. The number of rotatable bonds is 6. The van der Waals surface area contributed by atoms with Gasteiger partial charge in [-0.15, -0.1) is 0 Å². The Morgan fingerprint density at radius 1 is 1.09 bits per heavy atom. The van der Waals surface area contributed by atoms with Gasteiger partial charge in [0, 0.05) is 11.1 Å². The van der Waals surface area contributed by atoms with E-state index in [1.807, 2.05) is 31.2 Å². The summed E-state index contributed by atoms with van der Waals surface area (Å²) in [5.74, 6) is 0.735. The summed E-state index contributed by atoms with van der Waals surface area (Å²) >= 11 is 5.79. The van der Waals surface area contributed by atoms with Gasteiger partial charge in [0.1, 0.15) is 5.75 Å². The number of halogens is 1. The second-order valence-electron chi connectivity index (χ2n) is 4.81. The summed E-state index contributed by atoms with van der Waals surface area (Å²) in [6.45, 7) is 1.93. The zero-order valence-corrected chi connectivity index (χ0v) is 14.0. The van der Waals surface area contributed by atoms with Crippen molar-refractivity contribution in [1.82, 2.24) is 4.72 Å². The first-order valence-electron chi connectivity index (χ1n) is 6.88. The lowest BCUT2D eigenvalue weighted by Crippen LogP contribution is -2.28. The Morgan fingerprint density at radius 2 is 1.68 bits per heavy atom. The van der Waals surface area contributed by atoms with E-state index in [-0.39, 0.29) is 10.9 Å². The van der Waals surface area contributed by atoms with E-state index in [0.29, 0.717) is 11.4 Å². The lowest BCUT2D eigenvalue weighted by Gasteiger charge is -2.18. The molecule has 2 aromatic carbocycles. The van der Waals surface area contributed by atoms with Gasteiger partial charge in [0.15, 0.2) is 0 Å². The molecule has 0 saturated heterocycles. The van der Waals surface area contributed by atoms with Crippen LogP contribution < -0.4 is 9.46 Å². The third kappa shape index (κ3) is 4.00. The van der Waals surface area contributed by atoms with E-state index in [0.717, 1.165) is 11.3 Å². The molecular weight excluding hydrogens is 322 g/mol. The van der Waals surface area contributed by atoms with Crippen LogP contribution in [0.5, 0.6) is 5.75 Å². The minimum atomic E-state index is -3.59. The molecule has 0 fully saturated rings. The van der Waals surface area contributed by atoms with Crippen LogP contribution >= 0.6 is 11.6 Å². The van der Waals surface area contributed by atoms with Crippen molar-refractivity contribution in [2.75, 3.05) is 7.11 Å². The molecule has 1 atom stereocenters. The third-order valence-electron chi connectivity index (χ3n) is 3.35. The quantitative estimate of drug-likeness (QED) is 0.871. The summed E-state index contributed by atoms with van der Waals surface area (Å²) in [5, 5.41) is 0.501. The van der Waals surface area contributed by atoms with E-state index in [1.54, 1.807) is 19.2 Å². The van der Waals surface area contributed by atoms with E-state index in [9.17, 15) is 8.42 Å². The topological polar surface area (TPSA) is 55.4 Å². The van der Waals surface area contributed by atoms with Gasteiger partial charge in [-0.1, -0.05) is 30.7 Å². The fourth-order valence-corrected chi connectivity index (χ4v) is 3.53. The summed E-state index contributed by atoms with van der Waals surface area (Å²) in [6.07, 6.45) is 0.638. The SMILES string of the molecule is CC[C@H](NS(=O)(=O)c1ccc(Cl)cc1)c1ccc(OC)cc1. The highest BCUT2D eigenvalue weighted by Gasteiger charge is 2.20. The Balaban J connectivity index is 2.22. The van der Waals surface area contributed by atoms with E-state index >= 15 is 0 Å². The number of hydrogen-bond acceptors (Lipinski definition) is 3. The fraction of sp³-hybridized carbons (Fsp3) is 0.250. The van der Waals surface area contributed by atoms with Crippen molar-refractivity contribution in [3.8, 4) is 5.75 Å². The molecule has 0 aromatic heterocycles. The van der Waals surface area contributed by atoms with E-state index in [4.69, 9.17) is 16.3 Å². The van der Waals surface area contributed by atoms with Gasteiger partial charge in [0.25, 0.3) is 0 Å². The van der Waals surface area contributed by atoms with Crippen molar-refractivity contribution in [3.63, 3.8) is 0 Å². The lowest BCUT2D eigenvalue weighted by molar-refractivity contribution is 0.414. The van der Waals surface area contributed by atoms with Crippen LogP contribution in [0.3, 0.4) is 0 Å². The molecule has 118 valence electrons. The Morgan fingerprint density at radius 3 is 2.18 bits per heavy atom. The van der Waals surface area contributed by atoms with Crippen molar-refractivity contribution < 1.29 is 13.2 Å². The molecule has 6 heteroatoms. The molecule has 0 aliphatic rings. The highest BCUT2D eigenvalue weighted by Crippen LogP contribution is 2.23. The molecular formula is C16H18ClNO3S. The van der Waals surface area contributed by atoms with Crippen LogP contribution in [0.4, 0.5) is 0 Å². The average Bonchev–Trinajstić information content (AvgIpc) is 2.53. The Labute approximate surface area is 136 Å². The van der Waals surface area contributed by atoms with E-state index in [2.05, 4.69) is 4.72 Å². The molecule has 4 nitrogen and oxygen atoms in total. The van der Waals surface area contributed by atoms with Gasteiger partial charge in [-0.25, -0.2) is 13.1 Å². The van der Waals surface area contributed by atoms with Gasteiger partial charge in [-0.05, 0) is 48.4 Å². The van der Waals surface area contributed by atoms with Crippen LogP contribution in [0, 0.1) is 0 Å². The maximum absolute atomic E-state index is 12.4. The first-order valence-corrected chi connectivity index (χ1v) is 8.74. The van der Waals surface area contributed by atoms with Crippen LogP contribution in [0.25, 0.3) is 0 Å². The molecule has 0 aliphatic carbocycles. The largest absolute Gasteiger partial charge is 0.497 e. The van der Waals surface area contributed by atoms with Gasteiger partial charge in [0.2, 0.25) is 10.0 Å². The number of sulfonamides is 1. The molecule has 0 bridgehead atoms. The van der Waals surface area contributed by atoms with Crippen molar-refractivity contribution >= 4 is 21.6 Å². The lowest BCUT2D eigenvalue weighted by atomic mass is 10.1. The number of hydrogen-bond donors (Lipinski definition) is 1. The summed E-state index contributed by atoms with van der Waals surface area (Å²) in [5.41, 5.74) is 0.890. The highest BCUT2D eigenvalue weighted by molar-refractivity contribution is 7.89. The van der Waals surface area contributed by atoms with Gasteiger partial charge < -0.3 is 4.74 Å². The van der Waals surface area contributed by atoms with Crippen LogP contribution in [0.1, 0.15) is 24.9 Å². The number of ether oxygens (including phenoxy) is 1. The molecule has 1 N–H and O–H groups in total. The summed E-state index contributed by atoms with van der Waals surface area (Å²) < 4.78 is 32.7. The van der Waals surface area contributed by atoms with E-state index in [1.165, 1.54) is 12.1 Å². The predicted molar refractivity (Wildman–Crippen MR) is 87.8 cm³/mol. The van der Waals surface area contributed by atoms with Crippen LogP contribution in [0.15, 0.2) is 53.4 Å². The van der Waals surface area contributed by atoms with Gasteiger partial charge >= 0.3 is 0 Å². The first kappa shape index (κ1) is 16.8. The minimum Gasteiger partial charge on any atom is -0.497 e. The number of benzene rings is 2. The number of nitrogens with one attached hydrogen (secondary N) is 1. The smallest absolute Gasteiger partial charge is 0.241 e. The Kier molecular flexibility index (Phi) is 5.45. The van der Waals surface area contributed by atoms with Gasteiger partial charge in [0.05, 0.1) is 12.0 Å². The Hall–Kier alpha value is -1.56. The molecule has 22 heavy (non-hydrogen) atoms. The standard InChI is InChI=1S/C16H18ClNO3S/c1-3-16(12-4-8-14(21-2)9-5-12)18-22(19,20)15-10-6-13(17)7-11-15/h4-11,16,18H,3H2,1-2H3/t16-/m0/s1.